The second-order valence-electron chi connectivity index (χ2n) is 5.58. The van der Waals surface area contributed by atoms with Crippen LogP contribution in [0.2, 0.25) is 0 Å². The Hall–Kier alpha value is -2.80. The molecule has 2 atom stereocenters. The summed E-state index contributed by atoms with van der Waals surface area (Å²) in [5.74, 6) is 0.211. The molecule has 6 nitrogen and oxygen atoms in total. The van der Waals surface area contributed by atoms with Crippen LogP contribution in [0.4, 0.5) is 4.39 Å². The number of amides is 1. The van der Waals surface area contributed by atoms with E-state index in [0.29, 0.717) is 17.1 Å². The molecule has 1 aliphatic heterocycles. The molecule has 0 saturated heterocycles. The molecule has 1 aliphatic rings. The summed E-state index contributed by atoms with van der Waals surface area (Å²) < 4.78 is 29.4. The number of hydrogen-bond donors (Lipinski definition) is 2. The molecule has 0 bridgehead atoms. The second kappa shape index (κ2) is 6.98. The lowest BCUT2D eigenvalue weighted by molar-refractivity contribution is 0.0435. The van der Waals surface area contributed by atoms with Crippen molar-refractivity contribution in [3.05, 3.63) is 53.3 Å². The van der Waals surface area contributed by atoms with E-state index >= 15 is 0 Å². The van der Waals surface area contributed by atoms with Crippen molar-refractivity contribution in [1.29, 1.82) is 0 Å². The van der Waals surface area contributed by atoms with Gasteiger partial charge < -0.3 is 24.6 Å². The number of aliphatic hydroxyl groups is 1. The topological polar surface area (TPSA) is 77.0 Å². The summed E-state index contributed by atoms with van der Waals surface area (Å²) in [7, 11) is 2.93. The minimum absolute atomic E-state index is 0.0566. The van der Waals surface area contributed by atoms with Crippen LogP contribution in [-0.4, -0.2) is 31.5 Å². The van der Waals surface area contributed by atoms with Crippen molar-refractivity contribution >= 4 is 5.91 Å². The van der Waals surface area contributed by atoms with Gasteiger partial charge in [0.25, 0.3) is 5.91 Å². The van der Waals surface area contributed by atoms with E-state index in [0.717, 1.165) is 6.07 Å². The standard InChI is InChI=1S/C18H18FNO5/c1-23-11-4-6-16-12(8-11)14(21)9-17(25-16)20-18(22)13-7-10(19)3-5-15(13)24-2/h3-8,14,17,21H,9H2,1-2H3,(H,20,22). The minimum atomic E-state index is -0.821. The Morgan fingerprint density at radius 1 is 1.24 bits per heavy atom. The van der Waals surface area contributed by atoms with Crippen LogP contribution < -0.4 is 19.5 Å². The van der Waals surface area contributed by atoms with Crippen LogP contribution in [0.3, 0.4) is 0 Å². The zero-order chi connectivity index (χ0) is 18.0. The van der Waals surface area contributed by atoms with E-state index in [1.54, 1.807) is 18.2 Å². The van der Waals surface area contributed by atoms with Gasteiger partial charge in [0.2, 0.25) is 0 Å². The molecule has 2 N–H and O–H groups in total. The van der Waals surface area contributed by atoms with E-state index < -0.39 is 24.1 Å². The molecular weight excluding hydrogens is 329 g/mol. The molecule has 1 amide bonds. The average Bonchev–Trinajstić information content (AvgIpc) is 2.61. The Kier molecular flexibility index (Phi) is 4.76. The number of fused-ring (bicyclic) bond motifs is 1. The first-order valence-electron chi connectivity index (χ1n) is 7.69. The molecule has 0 fully saturated rings. The minimum Gasteiger partial charge on any atom is -0.497 e. The molecule has 2 aromatic rings. The van der Waals surface area contributed by atoms with Crippen molar-refractivity contribution in [2.75, 3.05) is 14.2 Å². The van der Waals surface area contributed by atoms with Gasteiger partial charge in [0.05, 0.1) is 25.9 Å². The molecule has 0 aliphatic carbocycles. The van der Waals surface area contributed by atoms with Crippen LogP contribution in [0.25, 0.3) is 0 Å². The highest BCUT2D eigenvalue weighted by Crippen LogP contribution is 2.36. The largest absolute Gasteiger partial charge is 0.497 e. The smallest absolute Gasteiger partial charge is 0.257 e. The third-order valence-electron chi connectivity index (χ3n) is 3.98. The molecule has 2 aromatic carbocycles. The molecule has 3 rings (SSSR count). The predicted molar refractivity (Wildman–Crippen MR) is 87.4 cm³/mol. The molecule has 0 radical (unpaired) electrons. The molecule has 25 heavy (non-hydrogen) atoms. The maximum Gasteiger partial charge on any atom is 0.257 e. The number of ether oxygens (including phenoxy) is 3. The highest BCUT2D eigenvalue weighted by molar-refractivity contribution is 5.97. The molecule has 0 spiro atoms. The summed E-state index contributed by atoms with van der Waals surface area (Å²) >= 11 is 0. The van der Waals surface area contributed by atoms with Crippen LogP contribution in [0, 0.1) is 5.82 Å². The van der Waals surface area contributed by atoms with Crippen molar-refractivity contribution in [3.8, 4) is 17.2 Å². The number of rotatable bonds is 4. The Labute approximate surface area is 144 Å². The van der Waals surface area contributed by atoms with Gasteiger partial charge in [-0.1, -0.05) is 0 Å². The third kappa shape index (κ3) is 3.51. The fourth-order valence-electron chi connectivity index (χ4n) is 2.72. The lowest BCUT2D eigenvalue weighted by Crippen LogP contribution is -2.42. The summed E-state index contributed by atoms with van der Waals surface area (Å²) in [6.07, 6.45) is -1.42. The van der Waals surface area contributed by atoms with E-state index in [1.807, 2.05) is 0 Å². The van der Waals surface area contributed by atoms with Gasteiger partial charge >= 0.3 is 0 Å². The van der Waals surface area contributed by atoms with Gasteiger partial charge in [-0.05, 0) is 36.4 Å². The Bertz CT molecular complexity index is 795. The molecule has 0 saturated carbocycles. The maximum absolute atomic E-state index is 13.4. The normalized spacial score (nSPS) is 18.7. The Morgan fingerprint density at radius 2 is 2.04 bits per heavy atom. The SMILES string of the molecule is COc1ccc2c(c1)C(O)CC(NC(=O)c1cc(F)ccc1OC)O2. The van der Waals surface area contributed by atoms with Crippen molar-refractivity contribution < 1.29 is 28.5 Å². The van der Waals surface area contributed by atoms with E-state index in [2.05, 4.69) is 5.32 Å². The Balaban J connectivity index is 1.78. The van der Waals surface area contributed by atoms with Crippen molar-refractivity contribution in [3.63, 3.8) is 0 Å². The molecule has 7 heteroatoms. The van der Waals surface area contributed by atoms with E-state index in [1.165, 1.54) is 26.4 Å². The summed E-state index contributed by atoms with van der Waals surface area (Å²) in [4.78, 5) is 12.4. The quantitative estimate of drug-likeness (QED) is 0.888. The van der Waals surface area contributed by atoms with Crippen molar-refractivity contribution in [1.82, 2.24) is 5.32 Å². The second-order valence-corrected chi connectivity index (χ2v) is 5.58. The third-order valence-corrected chi connectivity index (χ3v) is 3.98. The zero-order valence-corrected chi connectivity index (χ0v) is 13.8. The van der Waals surface area contributed by atoms with Gasteiger partial charge in [-0.3, -0.25) is 4.79 Å². The number of nitrogens with one attached hydrogen (secondary N) is 1. The van der Waals surface area contributed by atoms with Crippen LogP contribution >= 0.6 is 0 Å². The summed E-state index contributed by atoms with van der Waals surface area (Å²) in [5, 5.41) is 12.9. The van der Waals surface area contributed by atoms with Crippen LogP contribution in [0.5, 0.6) is 17.2 Å². The summed E-state index contributed by atoms with van der Waals surface area (Å²) in [6, 6.07) is 8.73. The predicted octanol–water partition coefficient (Wildman–Crippen LogP) is 2.41. The monoisotopic (exact) mass is 347 g/mol. The number of hydrogen-bond acceptors (Lipinski definition) is 5. The van der Waals surface area contributed by atoms with E-state index in [-0.39, 0.29) is 17.7 Å². The summed E-state index contributed by atoms with van der Waals surface area (Å²) in [6.45, 7) is 0. The lowest BCUT2D eigenvalue weighted by atomic mass is 10.0. The Morgan fingerprint density at radius 3 is 2.76 bits per heavy atom. The van der Waals surface area contributed by atoms with Gasteiger partial charge in [0.15, 0.2) is 6.23 Å². The molecule has 1 heterocycles. The first-order valence-corrected chi connectivity index (χ1v) is 7.69. The van der Waals surface area contributed by atoms with E-state index in [4.69, 9.17) is 14.2 Å². The van der Waals surface area contributed by atoms with Gasteiger partial charge in [-0.25, -0.2) is 4.39 Å². The fraction of sp³-hybridized carbons (Fsp3) is 0.278. The van der Waals surface area contributed by atoms with Gasteiger partial charge in [0, 0.05) is 12.0 Å². The fourth-order valence-corrected chi connectivity index (χ4v) is 2.72. The van der Waals surface area contributed by atoms with E-state index in [9.17, 15) is 14.3 Å². The number of methoxy groups -OCH3 is 2. The number of halogens is 1. The van der Waals surface area contributed by atoms with Crippen molar-refractivity contribution in [2.45, 2.75) is 18.8 Å². The molecular formula is C18H18FNO5. The van der Waals surface area contributed by atoms with Gasteiger partial charge in [0.1, 0.15) is 23.1 Å². The number of carbonyl (C=O) groups excluding carboxylic acids is 1. The lowest BCUT2D eigenvalue weighted by Gasteiger charge is -2.30. The van der Waals surface area contributed by atoms with Crippen LogP contribution in [0.1, 0.15) is 28.4 Å². The maximum atomic E-state index is 13.4. The number of aliphatic hydroxyl groups excluding tert-OH is 1. The van der Waals surface area contributed by atoms with Crippen molar-refractivity contribution in [2.24, 2.45) is 0 Å². The van der Waals surface area contributed by atoms with Crippen LogP contribution in [0.15, 0.2) is 36.4 Å². The molecule has 132 valence electrons. The zero-order valence-electron chi connectivity index (χ0n) is 13.8. The molecule has 2 unspecified atom stereocenters. The average molecular weight is 347 g/mol. The summed E-state index contributed by atoms with van der Waals surface area (Å²) in [5.41, 5.74) is 0.648. The first-order chi connectivity index (χ1) is 12.0. The van der Waals surface area contributed by atoms with Gasteiger partial charge in [-0.15, -0.1) is 0 Å². The highest BCUT2D eigenvalue weighted by atomic mass is 19.1. The first kappa shape index (κ1) is 17.0. The molecule has 0 aromatic heterocycles. The highest BCUT2D eigenvalue weighted by Gasteiger charge is 2.29. The van der Waals surface area contributed by atoms with Gasteiger partial charge in [-0.2, -0.15) is 0 Å². The number of carbonyl (C=O) groups is 1. The van der Waals surface area contributed by atoms with Crippen LogP contribution in [-0.2, 0) is 0 Å². The number of benzene rings is 2.